The van der Waals surface area contributed by atoms with E-state index in [1.54, 1.807) is 4.90 Å². The van der Waals surface area contributed by atoms with Gasteiger partial charge in [0, 0.05) is 24.8 Å². The number of aryl methyl sites for hydroxylation is 1. The van der Waals surface area contributed by atoms with Gasteiger partial charge in [-0.3, -0.25) is 0 Å². The Morgan fingerprint density at radius 2 is 2.00 bits per heavy atom. The summed E-state index contributed by atoms with van der Waals surface area (Å²) in [5, 5.41) is 13.0. The van der Waals surface area contributed by atoms with Crippen LogP contribution in [0.5, 0.6) is 0 Å². The molecule has 2 heterocycles. The average Bonchev–Trinajstić information content (AvgIpc) is 3.04. The van der Waals surface area contributed by atoms with Gasteiger partial charge >= 0.3 is 0 Å². The summed E-state index contributed by atoms with van der Waals surface area (Å²) in [7, 11) is 3.72. The molecule has 0 aliphatic rings. The number of nitrogens with one attached hydrogen (secondary N) is 1. The molecule has 0 bridgehead atoms. The number of halogens is 1. The van der Waals surface area contributed by atoms with Gasteiger partial charge in [-0.25, -0.2) is 0 Å². The van der Waals surface area contributed by atoms with Crippen molar-refractivity contribution in [3.8, 4) is 0 Å². The minimum absolute atomic E-state index is 0.0522. The Balaban J connectivity index is 1.71. The molecule has 142 valence electrons. The normalized spacial score (nSPS) is 12.0. The van der Waals surface area contributed by atoms with Gasteiger partial charge in [-0.2, -0.15) is 15.0 Å². The van der Waals surface area contributed by atoms with Gasteiger partial charge in [0.25, 0.3) is 0 Å². The van der Waals surface area contributed by atoms with Crippen molar-refractivity contribution in [3.05, 3.63) is 34.6 Å². The number of benzene rings is 1. The molecule has 0 amide bonds. The Morgan fingerprint density at radius 3 is 2.70 bits per heavy atom. The minimum Gasteiger partial charge on any atom is -0.368 e. The highest BCUT2D eigenvalue weighted by molar-refractivity contribution is 8.01. The molecule has 1 aromatic carbocycles. The Bertz CT molecular complexity index is 946. The van der Waals surface area contributed by atoms with E-state index in [2.05, 4.69) is 30.5 Å². The van der Waals surface area contributed by atoms with Crippen molar-refractivity contribution in [1.82, 2.24) is 25.1 Å². The number of hydrogen-bond donors (Lipinski definition) is 2. The second kappa shape index (κ2) is 8.24. The van der Waals surface area contributed by atoms with Crippen LogP contribution in [0.1, 0.15) is 23.6 Å². The fourth-order valence-electron chi connectivity index (χ4n) is 2.09. The Kier molecular flexibility index (Phi) is 5.98. The van der Waals surface area contributed by atoms with E-state index in [1.165, 1.54) is 23.1 Å². The van der Waals surface area contributed by atoms with Gasteiger partial charge in [0.2, 0.25) is 17.0 Å². The smallest absolute Gasteiger partial charge is 0.229 e. The molecule has 1 unspecified atom stereocenters. The zero-order chi connectivity index (χ0) is 19.6. The SMILES string of the molecule is Cc1ccc(Nc2nnc(SC(C)c3nc(N)nc(N(C)C)n3)s2)cc1Cl. The molecule has 0 saturated heterocycles. The number of rotatable bonds is 6. The van der Waals surface area contributed by atoms with Crippen molar-refractivity contribution in [2.24, 2.45) is 0 Å². The summed E-state index contributed by atoms with van der Waals surface area (Å²) in [6.07, 6.45) is 0. The van der Waals surface area contributed by atoms with Crippen LogP contribution in [0.3, 0.4) is 0 Å². The molecule has 3 N–H and O–H groups in total. The molecule has 2 aromatic heterocycles. The molecule has 1 atom stereocenters. The van der Waals surface area contributed by atoms with Gasteiger partial charge in [0.05, 0.1) is 5.25 Å². The highest BCUT2D eigenvalue weighted by Gasteiger charge is 2.17. The lowest BCUT2D eigenvalue weighted by Gasteiger charge is -2.13. The van der Waals surface area contributed by atoms with Gasteiger partial charge < -0.3 is 16.0 Å². The summed E-state index contributed by atoms with van der Waals surface area (Å²) in [5.74, 6) is 1.33. The zero-order valence-electron chi connectivity index (χ0n) is 15.3. The lowest BCUT2D eigenvalue weighted by Crippen LogP contribution is -2.16. The van der Waals surface area contributed by atoms with E-state index in [1.807, 2.05) is 46.1 Å². The maximum absolute atomic E-state index is 6.16. The maximum atomic E-state index is 6.16. The molecule has 0 saturated carbocycles. The van der Waals surface area contributed by atoms with Crippen LogP contribution in [0.2, 0.25) is 5.02 Å². The summed E-state index contributed by atoms with van der Waals surface area (Å²) >= 11 is 9.12. The minimum atomic E-state index is -0.0522. The first kappa shape index (κ1) is 19.6. The Labute approximate surface area is 170 Å². The molecule has 8 nitrogen and oxygen atoms in total. The van der Waals surface area contributed by atoms with E-state index < -0.39 is 0 Å². The standard InChI is InChI=1S/C16H19ClN8S2/c1-8-5-6-10(7-11(8)17)19-15-23-24-16(27-15)26-9(2)12-20-13(18)22-14(21-12)25(3)4/h5-7,9H,1-4H3,(H,19,23)(H2,18,20,21,22). The molecule has 0 aliphatic carbocycles. The first-order chi connectivity index (χ1) is 12.8. The van der Waals surface area contributed by atoms with Crippen LogP contribution in [0.15, 0.2) is 22.5 Å². The van der Waals surface area contributed by atoms with Crippen LogP contribution in [-0.2, 0) is 0 Å². The van der Waals surface area contributed by atoms with Crippen LogP contribution < -0.4 is 16.0 Å². The number of hydrogen-bond acceptors (Lipinski definition) is 10. The lowest BCUT2D eigenvalue weighted by molar-refractivity contribution is 0.863. The third-order valence-electron chi connectivity index (χ3n) is 3.53. The van der Waals surface area contributed by atoms with Crippen molar-refractivity contribution in [1.29, 1.82) is 0 Å². The van der Waals surface area contributed by atoms with Crippen LogP contribution in [0.4, 0.5) is 22.7 Å². The number of thioether (sulfide) groups is 1. The number of aromatic nitrogens is 5. The topological polar surface area (TPSA) is 106 Å². The summed E-state index contributed by atoms with van der Waals surface area (Å²) in [6, 6.07) is 5.77. The molecular weight excluding hydrogens is 404 g/mol. The first-order valence-corrected chi connectivity index (χ1v) is 10.1. The number of nitrogens with zero attached hydrogens (tertiary/aromatic N) is 6. The monoisotopic (exact) mass is 422 g/mol. The second-order valence-corrected chi connectivity index (χ2v) is 8.94. The quantitative estimate of drug-likeness (QED) is 0.571. The highest BCUT2D eigenvalue weighted by atomic mass is 35.5. The number of nitrogen functional groups attached to an aromatic ring is 1. The molecular formula is C16H19ClN8S2. The second-order valence-electron chi connectivity index (χ2n) is 5.97. The maximum Gasteiger partial charge on any atom is 0.229 e. The zero-order valence-corrected chi connectivity index (χ0v) is 17.7. The fraction of sp³-hybridized carbons (Fsp3) is 0.312. The average molecular weight is 423 g/mol. The van der Waals surface area contributed by atoms with Gasteiger partial charge in [-0.05, 0) is 31.5 Å². The number of anilines is 4. The molecule has 3 aromatic rings. The fourth-order valence-corrected chi connectivity index (χ4v) is 4.23. The van der Waals surface area contributed by atoms with Crippen LogP contribution in [-0.4, -0.2) is 39.2 Å². The molecule has 3 rings (SSSR count). The van der Waals surface area contributed by atoms with Gasteiger partial charge in [0.15, 0.2) is 4.34 Å². The van der Waals surface area contributed by atoms with Crippen LogP contribution in [0.25, 0.3) is 0 Å². The first-order valence-electron chi connectivity index (χ1n) is 8.04. The molecule has 11 heteroatoms. The number of nitrogens with two attached hydrogens (primary N) is 1. The van der Waals surface area contributed by atoms with Crippen molar-refractivity contribution < 1.29 is 0 Å². The summed E-state index contributed by atoms with van der Waals surface area (Å²) in [6.45, 7) is 3.95. The summed E-state index contributed by atoms with van der Waals surface area (Å²) in [5.41, 5.74) is 7.69. The van der Waals surface area contributed by atoms with E-state index >= 15 is 0 Å². The van der Waals surface area contributed by atoms with Gasteiger partial charge in [-0.1, -0.05) is 40.8 Å². The predicted molar refractivity (Wildman–Crippen MR) is 112 cm³/mol. The van der Waals surface area contributed by atoms with E-state index in [0.29, 0.717) is 21.9 Å². The van der Waals surface area contributed by atoms with E-state index in [9.17, 15) is 0 Å². The van der Waals surface area contributed by atoms with E-state index in [4.69, 9.17) is 17.3 Å². The molecule has 0 spiro atoms. The summed E-state index contributed by atoms with van der Waals surface area (Å²) < 4.78 is 0.800. The molecule has 0 radical (unpaired) electrons. The van der Waals surface area contributed by atoms with Gasteiger partial charge in [0.1, 0.15) is 5.82 Å². The molecule has 0 fully saturated rings. The van der Waals surface area contributed by atoms with E-state index in [-0.39, 0.29) is 11.2 Å². The molecule has 0 aliphatic heterocycles. The van der Waals surface area contributed by atoms with Crippen LogP contribution in [0, 0.1) is 6.92 Å². The third-order valence-corrected chi connectivity index (χ3v) is 5.96. The summed E-state index contributed by atoms with van der Waals surface area (Å²) in [4.78, 5) is 14.6. The predicted octanol–water partition coefficient (Wildman–Crippen LogP) is 3.93. The largest absolute Gasteiger partial charge is 0.368 e. The Morgan fingerprint density at radius 1 is 1.22 bits per heavy atom. The Hall–Kier alpha value is -2.17. The van der Waals surface area contributed by atoms with Crippen molar-refractivity contribution in [3.63, 3.8) is 0 Å². The third kappa shape index (κ3) is 4.96. The highest BCUT2D eigenvalue weighted by Crippen LogP contribution is 2.37. The van der Waals surface area contributed by atoms with Crippen molar-refractivity contribution in [2.45, 2.75) is 23.4 Å². The molecule has 27 heavy (non-hydrogen) atoms. The van der Waals surface area contributed by atoms with Crippen molar-refractivity contribution in [2.75, 3.05) is 30.0 Å². The van der Waals surface area contributed by atoms with Crippen LogP contribution >= 0.6 is 34.7 Å². The van der Waals surface area contributed by atoms with Gasteiger partial charge in [-0.15, -0.1) is 10.2 Å². The van der Waals surface area contributed by atoms with E-state index in [0.717, 1.165) is 15.6 Å². The van der Waals surface area contributed by atoms with Crippen molar-refractivity contribution >= 4 is 57.4 Å². The lowest BCUT2D eigenvalue weighted by atomic mass is 10.2.